The van der Waals surface area contributed by atoms with Gasteiger partial charge in [0.2, 0.25) is 0 Å². The first-order chi connectivity index (χ1) is 14.6. The smallest absolute Gasteiger partial charge is 0.185 e. The van der Waals surface area contributed by atoms with Gasteiger partial charge in [-0.05, 0) is 25.1 Å². The van der Waals surface area contributed by atoms with E-state index in [1.165, 1.54) is 4.90 Å². The lowest BCUT2D eigenvalue weighted by Crippen LogP contribution is -3.15. The molecular weight excluding hydrogens is 376 g/mol. The van der Waals surface area contributed by atoms with Crippen molar-refractivity contribution in [2.45, 2.75) is 19.6 Å². The van der Waals surface area contributed by atoms with E-state index in [9.17, 15) is 9.90 Å². The van der Waals surface area contributed by atoms with Gasteiger partial charge in [0.1, 0.15) is 25.7 Å². The lowest BCUT2D eigenvalue weighted by Gasteiger charge is -2.26. The summed E-state index contributed by atoms with van der Waals surface area (Å²) in [4.78, 5) is 13.9. The van der Waals surface area contributed by atoms with Gasteiger partial charge >= 0.3 is 0 Å². The molecule has 0 radical (unpaired) electrons. The van der Waals surface area contributed by atoms with Crippen molar-refractivity contribution in [3.8, 4) is 0 Å². The minimum atomic E-state index is -0.431. The number of aromatic nitrogens is 1. The van der Waals surface area contributed by atoms with Crippen LogP contribution in [0, 0.1) is 6.92 Å². The third kappa shape index (κ3) is 4.87. The number of ether oxygens (including phenoxy) is 1. The summed E-state index contributed by atoms with van der Waals surface area (Å²) in [6.45, 7) is 6.67. The van der Waals surface area contributed by atoms with Gasteiger partial charge in [-0.2, -0.15) is 0 Å². The molecule has 0 saturated carbocycles. The number of quaternary nitrogens is 1. The maximum Gasteiger partial charge on any atom is 0.185 e. The summed E-state index contributed by atoms with van der Waals surface area (Å²) in [7, 11) is 0. The first-order valence-corrected chi connectivity index (χ1v) is 10.6. The zero-order valence-corrected chi connectivity index (χ0v) is 17.4. The van der Waals surface area contributed by atoms with Crippen LogP contribution in [0.5, 0.6) is 0 Å². The number of fused-ring (bicyclic) bond motifs is 1. The summed E-state index contributed by atoms with van der Waals surface area (Å²) in [5.74, 6) is -0.0113. The largest absolute Gasteiger partial charge is 0.385 e. The number of aliphatic hydroxyl groups excluding tert-OH is 1. The highest BCUT2D eigenvalue weighted by Gasteiger charge is 2.19. The van der Waals surface area contributed by atoms with Crippen molar-refractivity contribution in [2.24, 2.45) is 0 Å². The second-order valence-electron chi connectivity index (χ2n) is 8.04. The van der Waals surface area contributed by atoms with E-state index in [0.29, 0.717) is 18.7 Å². The molecule has 1 fully saturated rings. The third-order valence-corrected chi connectivity index (χ3v) is 5.70. The highest BCUT2D eigenvalue weighted by molar-refractivity contribution is 6.07. The predicted octanol–water partition coefficient (Wildman–Crippen LogP) is 2.12. The van der Waals surface area contributed by atoms with E-state index in [1.807, 2.05) is 55.6 Å². The number of aliphatic hydroxyl groups is 1. The molecule has 30 heavy (non-hydrogen) atoms. The molecule has 1 aliphatic rings. The SMILES string of the molecule is Cc1ccc(C(=O)/C=C/c2cn(C[C@H](O)C[NH+]3CCOCC3)c3ccccc23)cc1. The van der Waals surface area contributed by atoms with Crippen LogP contribution in [0.2, 0.25) is 0 Å². The van der Waals surface area contributed by atoms with Crippen molar-refractivity contribution >= 4 is 22.8 Å². The van der Waals surface area contributed by atoms with Crippen molar-refractivity contribution < 1.29 is 19.5 Å². The fourth-order valence-corrected chi connectivity index (χ4v) is 4.03. The monoisotopic (exact) mass is 405 g/mol. The number of ketones is 1. The van der Waals surface area contributed by atoms with Crippen molar-refractivity contribution in [3.05, 3.63) is 77.5 Å². The molecule has 1 saturated heterocycles. The van der Waals surface area contributed by atoms with E-state index in [1.54, 1.807) is 6.08 Å². The fraction of sp³-hybridized carbons (Fsp3) is 0.320. The van der Waals surface area contributed by atoms with Gasteiger partial charge in [-0.15, -0.1) is 0 Å². The number of nitrogens with one attached hydrogen (secondary N) is 1. The van der Waals surface area contributed by atoms with Crippen LogP contribution in [-0.2, 0) is 11.3 Å². The lowest BCUT2D eigenvalue weighted by molar-refractivity contribution is -0.911. The number of aryl methyl sites for hydroxylation is 1. The highest BCUT2D eigenvalue weighted by atomic mass is 16.5. The number of hydrogen-bond donors (Lipinski definition) is 2. The number of rotatable bonds is 7. The van der Waals surface area contributed by atoms with Gasteiger partial charge < -0.3 is 19.3 Å². The molecule has 5 nitrogen and oxygen atoms in total. The Kier molecular flexibility index (Phi) is 6.43. The molecule has 0 aliphatic carbocycles. The second-order valence-corrected chi connectivity index (χ2v) is 8.04. The Morgan fingerprint density at radius 3 is 2.67 bits per heavy atom. The maximum atomic E-state index is 12.5. The van der Waals surface area contributed by atoms with Gasteiger partial charge in [-0.1, -0.05) is 48.0 Å². The molecule has 156 valence electrons. The lowest BCUT2D eigenvalue weighted by atomic mass is 10.1. The second kappa shape index (κ2) is 9.39. The van der Waals surface area contributed by atoms with Crippen LogP contribution in [0.3, 0.4) is 0 Å². The van der Waals surface area contributed by atoms with Gasteiger partial charge in [0.15, 0.2) is 5.78 Å². The van der Waals surface area contributed by atoms with Gasteiger partial charge in [-0.25, -0.2) is 0 Å². The first kappa shape index (κ1) is 20.5. The molecule has 0 bridgehead atoms. The van der Waals surface area contributed by atoms with E-state index in [0.717, 1.165) is 48.3 Å². The van der Waals surface area contributed by atoms with Crippen LogP contribution in [0.1, 0.15) is 21.5 Å². The van der Waals surface area contributed by atoms with Crippen molar-refractivity contribution in [3.63, 3.8) is 0 Å². The Morgan fingerprint density at radius 2 is 1.90 bits per heavy atom. The van der Waals surface area contributed by atoms with E-state index in [-0.39, 0.29) is 5.78 Å². The molecule has 2 N–H and O–H groups in total. The van der Waals surface area contributed by atoms with Crippen molar-refractivity contribution in [2.75, 3.05) is 32.8 Å². The zero-order chi connectivity index (χ0) is 20.9. The molecule has 5 heteroatoms. The summed E-state index contributed by atoms with van der Waals surface area (Å²) >= 11 is 0. The van der Waals surface area contributed by atoms with E-state index in [2.05, 4.69) is 16.7 Å². The van der Waals surface area contributed by atoms with E-state index < -0.39 is 6.10 Å². The minimum Gasteiger partial charge on any atom is -0.385 e. The molecule has 0 unspecified atom stereocenters. The Bertz CT molecular complexity index is 1030. The van der Waals surface area contributed by atoms with Crippen LogP contribution in [-0.4, -0.2) is 54.4 Å². The average Bonchev–Trinajstić information content (AvgIpc) is 3.10. The summed E-state index contributed by atoms with van der Waals surface area (Å²) < 4.78 is 7.49. The zero-order valence-electron chi connectivity index (χ0n) is 17.4. The predicted molar refractivity (Wildman–Crippen MR) is 119 cm³/mol. The summed E-state index contributed by atoms with van der Waals surface area (Å²) in [6, 6.07) is 15.7. The van der Waals surface area contributed by atoms with Crippen LogP contribution in [0.25, 0.3) is 17.0 Å². The molecule has 4 rings (SSSR count). The van der Waals surface area contributed by atoms with Crippen molar-refractivity contribution in [1.29, 1.82) is 0 Å². The quantitative estimate of drug-likeness (QED) is 0.468. The molecule has 1 atom stereocenters. The standard InChI is InChI=1S/C25H28N2O3/c1-19-6-8-20(9-7-19)25(29)11-10-21-16-27(24-5-3-2-4-23(21)24)18-22(28)17-26-12-14-30-15-13-26/h2-11,16,22,28H,12-15,17-18H2,1H3/p+1/b11-10+/t22-/m1/s1. The summed E-state index contributed by atoms with van der Waals surface area (Å²) in [5, 5.41) is 11.7. The molecule has 0 spiro atoms. The maximum absolute atomic E-state index is 12.5. The van der Waals surface area contributed by atoms with Crippen LogP contribution in [0.4, 0.5) is 0 Å². The molecular formula is C25H29N2O3+. The van der Waals surface area contributed by atoms with E-state index >= 15 is 0 Å². The molecule has 1 aliphatic heterocycles. The molecule has 1 aromatic heterocycles. The number of carbonyl (C=O) groups excluding carboxylic acids is 1. The Balaban J connectivity index is 1.51. The van der Waals surface area contributed by atoms with Gasteiger partial charge in [0.05, 0.1) is 19.8 Å². The van der Waals surface area contributed by atoms with Crippen LogP contribution < -0.4 is 4.90 Å². The minimum absolute atomic E-state index is 0.0113. The Labute approximate surface area is 177 Å². The molecule has 2 heterocycles. The van der Waals surface area contributed by atoms with Crippen LogP contribution in [0.15, 0.2) is 60.8 Å². The number of hydrogen-bond acceptors (Lipinski definition) is 3. The summed E-state index contributed by atoms with van der Waals surface area (Å²) in [6.07, 6.45) is 5.10. The normalized spacial score (nSPS) is 16.3. The molecule has 0 amide bonds. The number of morpholine rings is 1. The third-order valence-electron chi connectivity index (χ3n) is 5.70. The number of carbonyl (C=O) groups is 1. The van der Waals surface area contributed by atoms with Gasteiger partial charge in [-0.3, -0.25) is 4.79 Å². The van der Waals surface area contributed by atoms with Gasteiger partial charge in [0, 0.05) is 28.2 Å². The Hall–Kier alpha value is -2.73. The summed E-state index contributed by atoms with van der Waals surface area (Å²) in [5.41, 5.74) is 3.87. The molecule has 2 aromatic carbocycles. The fourth-order valence-electron chi connectivity index (χ4n) is 4.03. The van der Waals surface area contributed by atoms with Crippen molar-refractivity contribution in [1.82, 2.24) is 4.57 Å². The van der Waals surface area contributed by atoms with E-state index in [4.69, 9.17) is 4.74 Å². The first-order valence-electron chi connectivity index (χ1n) is 10.6. The number of benzene rings is 2. The number of para-hydroxylation sites is 1. The average molecular weight is 406 g/mol. The number of nitrogens with zero attached hydrogens (tertiary/aromatic N) is 1. The van der Waals surface area contributed by atoms with Gasteiger partial charge in [0.25, 0.3) is 0 Å². The topological polar surface area (TPSA) is 55.9 Å². The number of allylic oxidation sites excluding steroid dienone is 1. The molecule has 3 aromatic rings. The Morgan fingerprint density at radius 1 is 1.17 bits per heavy atom. The van der Waals surface area contributed by atoms with Crippen LogP contribution >= 0.6 is 0 Å². The highest BCUT2D eigenvalue weighted by Crippen LogP contribution is 2.23.